The molecule has 1 amide bonds. The fraction of sp³-hybridized carbons (Fsp3) is 0.412. The number of halogens is 1. The van der Waals surface area contributed by atoms with Gasteiger partial charge in [0.15, 0.2) is 5.69 Å². The number of hydrogen-bond acceptors (Lipinski definition) is 4. The summed E-state index contributed by atoms with van der Waals surface area (Å²) in [7, 11) is 0. The average molecular weight is 334 g/mol. The number of benzene rings is 1. The lowest BCUT2D eigenvalue weighted by atomic mass is 10.2. The highest BCUT2D eigenvalue weighted by Gasteiger charge is 2.22. The van der Waals surface area contributed by atoms with Crippen molar-refractivity contribution < 1.29 is 9.32 Å². The molecule has 2 aromatic rings. The topological polar surface area (TPSA) is 49.6 Å². The van der Waals surface area contributed by atoms with Crippen LogP contribution in [0.15, 0.2) is 34.9 Å². The Bertz CT molecular complexity index is 669. The first kappa shape index (κ1) is 16.0. The average Bonchev–Trinajstić information content (AvgIpc) is 2.84. The first-order valence-electron chi connectivity index (χ1n) is 7.81. The Morgan fingerprint density at radius 3 is 2.70 bits per heavy atom. The van der Waals surface area contributed by atoms with E-state index in [4.69, 9.17) is 16.1 Å². The second-order valence-electron chi connectivity index (χ2n) is 5.87. The van der Waals surface area contributed by atoms with Gasteiger partial charge < -0.3 is 9.42 Å². The highest BCUT2D eigenvalue weighted by molar-refractivity contribution is 6.30. The van der Waals surface area contributed by atoms with Gasteiger partial charge in [-0.2, -0.15) is 0 Å². The maximum Gasteiger partial charge on any atom is 0.276 e. The van der Waals surface area contributed by atoms with Crippen LogP contribution in [-0.2, 0) is 6.54 Å². The van der Waals surface area contributed by atoms with Crippen molar-refractivity contribution in [2.24, 2.45) is 0 Å². The van der Waals surface area contributed by atoms with Crippen molar-refractivity contribution >= 4 is 17.5 Å². The van der Waals surface area contributed by atoms with Gasteiger partial charge in [-0.3, -0.25) is 9.69 Å². The third kappa shape index (κ3) is 4.12. The monoisotopic (exact) mass is 333 g/mol. The molecule has 0 aliphatic carbocycles. The van der Waals surface area contributed by atoms with Crippen molar-refractivity contribution in [2.75, 3.05) is 26.2 Å². The standard InChI is InChI=1S/C17H20ClN3O2/c1-13-11-16(19-23-13)17(22)21-8-2-7-20(9-10-21)12-14-3-5-15(18)6-4-14/h3-6,11H,2,7-10,12H2,1H3. The van der Waals surface area contributed by atoms with Crippen molar-refractivity contribution in [2.45, 2.75) is 19.9 Å². The van der Waals surface area contributed by atoms with Crippen LogP contribution in [0.1, 0.15) is 28.2 Å². The van der Waals surface area contributed by atoms with Gasteiger partial charge in [0.1, 0.15) is 5.76 Å². The summed E-state index contributed by atoms with van der Waals surface area (Å²) >= 11 is 5.92. The molecule has 23 heavy (non-hydrogen) atoms. The minimum absolute atomic E-state index is 0.0461. The summed E-state index contributed by atoms with van der Waals surface area (Å²) in [6.45, 7) is 5.96. The third-order valence-electron chi connectivity index (χ3n) is 4.04. The summed E-state index contributed by atoms with van der Waals surface area (Å²) in [4.78, 5) is 16.7. The molecule has 6 heteroatoms. The zero-order chi connectivity index (χ0) is 16.2. The minimum atomic E-state index is -0.0461. The molecular weight excluding hydrogens is 314 g/mol. The Balaban J connectivity index is 1.58. The Morgan fingerprint density at radius 1 is 1.22 bits per heavy atom. The SMILES string of the molecule is Cc1cc(C(=O)N2CCCN(Cc3ccc(Cl)cc3)CC2)no1. The van der Waals surface area contributed by atoms with Gasteiger partial charge >= 0.3 is 0 Å². The van der Waals surface area contributed by atoms with E-state index in [2.05, 4.69) is 10.1 Å². The van der Waals surface area contributed by atoms with Gasteiger partial charge in [0.2, 0.25) is 0 Å². The molecule has 122 valence electrons. The molecule has 0 unspecified atom stereocenters. The van der Waals surface area contributed by atoms with Gasteiger partial charge in [0, 0.05) is 43.8 Å². The molecule has 0 radical (unpaired) electrons. The molecule has 1 saturated heterocycles. The van der Waals surface area contributed by atoms with Crippen molar-refractivity contribution in [3.8, 4) is 0 Å². The lowest BCUT2D eigenvalue weighted by Crippen LogP contribution is -2.35. The van der Waals surface area contributed by atoms with Crippen LogP contribution in [-0.4, -0.2) is 47.0 Å². The molecule has 0 spiro atoms. The molecule has 5 nitrogen and oxygen atoms in total. The second-order valence-corrected chi connectivity index (χ2v) is 6.31. The highest BCUT2D eigenvalue weighted by Crippen LogP contribution is 2.14. The molecule has 3 rings (SSSR count). The summed E-state index contributed by atoms with van der Waals surface area (Å²) in [5.41, 5.74) is 1.63. The van der Waals surface area contributed by atoms with Gasteiger partial charge in [-0.1, -0.05) is 28.9 Å². The van der Waals surface area contributed by atoms with Crippen molar-refractivity contribution in [3.05, 3.63) is 52.4 Å². The Kier molecular flexibility index (Phi) is 4.98. The zero-order valence-electron chi connectivity index (χ0n) is 13.2. The predicted molar refractivity (Wildman–Crippen MR) is 88.5 cm³/mol. The van der Waals surface area contributed by atoms with E-state index in [1.54, 1.807) is 13.0 Å². The molecule has 0 saturated carbocycles. The first-order chi connectivity index (χ1) is 11.1. The van der Waals surface area contributed by atoms with Crippen LogP contribution < -0.4 is 0 Å². The summed E-state index contributed by atoms with van der Waals surface area (Å²) < 4.78 is 5.00. The molecule has 1 aliphatic heterocycles. The van der Waals surface area contributed by atoms with Gasteiger partial charge in [-0.05, 0) is 31.0 Å². The van der Waals surface area contributed by atoms with Crippen LogP contribution in [0.3, 0.4) is 0 Å². The molecular formula is C17H20ClN3O2. The molecule has 0 bridgehead atoms. The maximum atomic E-state index is 12.4. The van der Waals surface area contributed by atoms with E-state index in [9.17, 15) is 4.79 Å². The summed E-state index contributed by atoms with van der Waals surface area (Å²) in [5.74, 6) is 0.614. The number of amides is 1. The van der Waals surface area contributed by atoms with Crippen LogP contribution in [0, 0.1) is 6.92 Å². The molecule has 1 aliphatic rings. The fourth-order valence-corrected chi connectivity index (χ4v) is 2.94. The maximum absolute atomic E-state index is 12.4. The second kappa shape index (κ2) is 7.15. The molecule has 1 aromatic heterocycles. The highest BCUT2D eigenvalue weighted by atomic mass is 35.5. The van der Waals surface area contributed by atoms with Crippen LogP contribution in [0.25, 0.3) is 0 Å². The molecule has 1 fully saturated rings. The van der Waals surface area contributed by atoms with E-state index in [1.165, 1.54) is 5.56 Å². The zero-order valence-corrected chi connectivity index (χ0v) is 13.9. The molecule has 0 N–H and O–H groups in total. The third-order valence-corrected chi connectivity index (χ3v) is 4.29. The number of nitrogens with zero attached hydrogens (tertiary/aromatic N) is 3. The van der Waals surface area contributed by atoms with Crippen LogP contribution in [0.5, 0.6) is 0 Å². The number of carbonyl (C=O) groups is 1. The van der Waals surface area contributed by atoms with E-state index < -0.39 is 0 Å². The van der Waals surface area contributed by atoms with Crippen molar-refractivity contribution in [1.29, 1.82) is 0 Å². The smallest absolute Gasteiger partial charge is 0.276 e. The molecule has 2 heterocycles. The molecule has 0 atom stereocenters. The van der Waals surface area contributed by atoms with Gasteiger partial charge in [-0.15, -0.1) is 0 Å². The predicted octanol–water partition coefficient (Wildman–Crippen LogP) is 2.98. The number of rotatable bonds is 3. The van der Waals surface area contributed by atoms with Gasteiger partial charge in [-0.25, -0.2) is 0 Å². The largest absolute Gasteiger partial charge is 0.361 e. The van der Waals surface area contributed by atoms with Crippen molar-refractivity contribution in [1.82, 2.24) is 15.0 Å². The quantitative estimate of drug-likeness (QED) is 0.866. The number of aryl methyl sites for hydroxylation is 1. The fourth-order valence-electron chi connectivity index (χ4n) is 2.81. The van der Waals surface area contributed by atoms with Crippen molar-refractivity contribution in [3.63, 3.8) is 0 Å². The van der Waals surface area contributed by atoms with Crippen LogP contribution >= 0.6 is 11.6 Å². The van der Waals surface area contributed by atoms with E-state index in [-0.39, 0.29) is 5.91 Å². The Hall–Kier alpha value is -1.85. The summed E-state index contributed by atoms with van der Waals surface area (Å²) in [5, 5.41) is 4.58. The van der Waals surface area contributed by atoms with Crippen LogP contribution in [0.4, 0.5) is 0 Å². The van der Waals surface area contributed by atoms with E-state index in [1.807, 2.05) is 29.2 Å². The first-order valence-corrected chi connectivity index (χ1v) is 8.19. The van der Waals surface area contributed by atoms with E-state index in [0.717, 1.165) is 37.6 Å². The number of aromatic nitrogens is 1. The minimum Gasteiger partial charge on any atom is -0.361 e. The summed E-state index contributed by atoms with van der Waals surface area (Å²) in [6, 6.07) is 9.62. The van der Waals surface area contributed by atoms with E-state index in [0.29, 0.717) is 18.0 Å². The van der Waals surface area contributed by atoms with Crippen LogP contribution in [0.2, 0.25) is 5.02 Å². The lowest BCUT2D eigenvalue weighted by molar-refractivity contribution is 0.0750. The van der Waals surface area contributed by atoms with Gasteiger partial charge in [0.25, 0.3) is 5.91 Å². The molecule has 1 aromatic carbocycles. The Labute approximate surface area is 140 Å². The normalized spacial score (nSPS) is 16.3. The number of hydrogen-bond donors (Lipinski definition) is 0. The summed E-state index contributed by atoms with van der Waals surface area (Å²) in [6.07, 6.45) is 0.955. The number of carbonyl (C=O) groups excluding carboxylic acids is 1. The van der Waals surface area contributed by atoms with Gasteiger partial charge in [0.05, 0.1) is 0 Å². The Morgan fingerprint density at radius 2 is 2.00 bits per heavy atom. The lowest BCUT2D eigenvalue weighted by Gasteiger charge is -2.21. The van der Waals surface area contributed by atoms with E-state index >= 15 is 0 Å².